The Balaban J connectivity index is 2.72. The van der Waals surface area contributed by atoms with E-state index in [4.69, 9.17) is 14.3 Å². The van der Waals surface area contributed by atoms with Crippen molar-refractivity contribution in [3.63, 3.8) is 0 Å². The number of rotatable bonds is 4. The second kappa shape index (κ2) is 5.88. The largest absolute Gasteiger partial charge is 0.512 e. The zero-order valence-electron chi connectivity index (χ0n) is 11.7. The van der Waals surface area contributed by atoms with Crippen molar-refractivity contribution in [1.82, 2.24) is 0 Å². The molecule has 112 valence electrons. The Kier molecular flexibility index (Phi) is 4.18. The van der Waals surface area contributed by atoms with Gasteiger partial charge in [-0.2, -0.15) is 0 Å². The van der Waals surface area contributed by atoms with Gasteiger partial charge in [-0.05, 0) is 12.1 Å². The lowest BCUT2D eigenvalue weighted by Gasteiger charge is -2.12. The fourth-order valence-corrected chi connectivity index (χ4v) is 1.93. The lowest BCUT2D eigenvalue weighted by molar-refractivity contribution is 0.217. The number of phenolic OH excluding ortho intramolecular Hbond substituents is 1. The summed E-state index contributed by atoms with van der Waals surface area (Å²) in [6.07, 6.45) is 1.32. The molecule has 0 amide bonds. The minimum atomic E-state index is -0.538. The van der Waals surface area contributed by atoms with Gasteiger partial charge in [0.05, 0.1) is 30.4 Å². The third kappa shape index (κ3) is 2.85. The van der Waals surface area contributed by atoms with Gasteiger partial charge in [0.15, 0.2) is 0 Å². The minimum Gasteiger partial charge on any atom is -0.512 e. The van der Waals surface area contributed by atoms with Crippen LogP contribution in [0.15, 0.2) is 33.2 Å². The van der Waals surface area contributed by atoms with Crippen molar-refractivity contribution in [2.24, 2.45) is 5.92 Å². The molecule has 21 heavy (non-hydrogen) atoms. The molecule has 0 aliphatic heterocycles. The summed E-state index contributed by atoms with van der Waals surface area (Å²) in [6.45, 7) is 1.41. The van der Waals surface area contributed by atoms with Crippen LogP contribution in [-0.2, 0) is 0 Å². The molecule has 0 bridgehead atoms. The summed E-state index contributed by atoms with van der Waals surface area (Å²) in [7, 11) is 1.41. The van der Waals surface area contributed by atoms with Crippen LogP contribution in [0.25, 0.3) is 17.0 Å². The molecule has 3 N–H and O–H groups in total. The van der Waals surface area contributed by atoms with E-state index in [9.17, 15) is 15.0 Å². The summed E-state index contributed by atoms with van der Waals surface area (Å²) in [5.41, 5.74) is -0.107. The van der Waals surface area contributed by atoms with E-state index in [1.54, 1.807) is 6.92 Å². The van der Waals surface area contributed by atoms with E-state index in [1.165, 1.54) is 31.4 Å². The molecule has 0 aliphatic carbocycles. The number of methoxy groups -OCH3 is 1. The number of aromatic hydroxyl groups is 1. The third-order valence-electron chi connectivity index (χ3n) is 3.17. The van der Waals surface area contributed by atoms with Crippen molar-refractivity contribution >= 4 is 17.0 Å². The summed E-state index contributed by atoms with van der Waals surface area (Å²) >= 11 is 0. The molecule has 1 unspecified atom stereocenters. The van der Waals surface area contributed by atoms with Crippen LogP contribution in [0.2, 0.25) is 0 Å². The smallest absolute Gasteiger partial charge is 0.336 e. The number of fused-ring (bicyclic) bond motifs is 1. The SMILES string of the molecule is COc1c(/C=C(\O)C(C)CO)c(O)cc2oc(=O)ccc12. The van der Waals surface area contributed by atoms with Crippen LogP contribution in [0, 0.1) is 5.92 Å². The molecular weight excluding hydrogens is 276 g/mol. The van der Waals surface area contributed by atoms with E-state index >= 15 is 0 Å². The van der Waals surface area contributed by atoms with Crippen molar-refractivity contribution in [2.45, 2.75) is 6.92 Å². The van der Waals surface area contributed by atoms with Crippen molar-refractivity contribution in [1.29, 1.82) is 0 Å². The first-order valence-electron chi connectivity index (χ1n) is 6.33. The molecule has 0 spiro atoms. The van der Waals surface area contributed by atoms with Gasteiger partial charge >= 0.3 is 5.63 Å². The van der Waals surface area contributed by atoms with Gasteiger partial charge in [-0.3, -0.25) is 0 Å². The summed E-state index contributed by atoms with van der Waals surface area (Å²) in [4.78, 5) is 11.2. The van der Waals surface area contributed by atoms with Gasteiger partial charge in [-0.1, -0.05) is 6.92 Å². The van der Waals surface area contributed by atoms with Gasteiger partial charge in [-0.25, -0.2) is 4.79 Å². The molecule has 1 heterocycles. The summed E-state index contributed by atoms with van der Waals surface area (Å²) in [6, 6.07) is 4.04. The minimum absolute atomic E-state index is 0.0946. The Morgan fingerprint density at radius 3 is 2.81 bits per heavy atom. The van der Waals surface area contributed by atoms with Gasteiger partial charge in [0.1, 0.15) is 17.1 Å². The highest BCUT2D eigenvalue weighted by Crippen LogP contribution is 2.37. The number of phenols is 1. The Morgan fingerprint density at radius 1 is 1.48 bits per heavy atom. The van der Waals surface area contributed by atoms with E-state index in [0.717, 1.165) is 0 Å². The zero-order valence-corrected chi connectivity index (χ0v) is 11.7. The highest BCUT2D eigenvalue weighted by molar-refractivity contribution is 5.90. The molecule has 2 aromatic rings. The predicted octanol–water partition coefficient (Wildman–Crippen LogP) is 2.03. The number of hydrogen-bond donors (Lipinski definition) is 3. The highest BCUT2D eigenvalue weighted by Gasteiger charge is 2.16. The maximum atomic E-state index is 11.2. The fraction of sp³-hybridized carbons (Fsp3) is 0.267. The molecule has 2 rings (SSSR count). The van der Waals surface area contributed by atoms with Crippen molar-refractivity contribution in [2.75, 3.05) is 13.7 Å². The van der Waals surface area contributed by atoms with Crippen LogP contribution in [-0.4, -0.2) is 29.0 Å². The van der Waals surface area contributed by atoms with E-state index in [1.807, 2.05) is 0 Å². The van der Waals surface area contributed by atoms with Crippen LogP contribution in [0.4, 0.5) is 0 Å². The first kappa shape index (κ1) is 14.9. The van der Waals surface area contributed by atoms with Crippen LogP contribution < -0.4 is 10.4 Å². The lowest BCUT2D eigenvalue weighted by Crippen LogP contribution is -2.04. The number of benzene rings is 1. The zero-order chi connectivity index (χ0) is 15.6. The molecule has 0 saturated carbocycles. The van der Waals surface area contributed by atoms with E-state index < -0.39 is 11.5 Å². The predicted molar refractivity (Wildman–Crippen MR) is 77.6 cm³/mol. The second-order valence-corrected chi connectivity index (χ2v) is 4.66. The molecule has 6 nitrogen and oxygen atoms in total. The Hall–Kier alpha value is -2.47. The molecule has 1 atom stereocenters. The van der Waals surface area contributed by atoms with E-state index in [2.05, 4.69) is 0 Å². The molecule has 6 heteroatoms. The molecule has 1 aromatic carbocycles. The fourth-order valence-electron chi connectivity index (χ4n) is 1.93. The molecule has 0 saturated heterocycles. The molecule has 1 aromatic heterocycles. The Labute approximate surface area is 120 Å². The van der Waals surface area contributed by atoms with E-state index in [0.29, 0.717) is 5.39 Å². The maximum absolute atomic E-state index is 11.2. The number of hydrogen-bond acceptors (Lipinski definition) is 6. The second-order valence-electron chi connectivity index (χ2n) is 4.66. The summed E-state index contributed by atoms with van der Waals surface area (Å²) in [5.74, 6) is -0.503. The van der Waals surface area contributed by atoms with Gasteiger partial charge in [-0.15, -0.1) is 0 Å². The Bertz CT molecular complexity index is 744. The van der Waals surface area contributed by atoms with Gasteiger partial charge in [0.2, 0.25) is 0 Å². The number of ether oxygens (including phenoxy) is 1. The maximum Gasteiger partial charge on any atom is 0.336 e. The summed E-state index contributed by atoms with van der Waals surface area (Å²) < 4.78 is 10.2. The van der Waals surface area contributed by atoms with Crippen molar-refractivity contribution < 1.29 is 24.5 Å². The Morgan fingerprint density at radius 2 is 2.19 bits per heavy atom. The topological polar surface area (TPSA) is 100 Å². The average Bonchev–Trinajstić information content (AvgIpc) is 2.46. The first-order valence-corrected chi connectivity index (χ1v) is 6.33. The molecule has 0 aliphatic rings. The van der Waals surface area contributed by atoms with E-state index in [-0.39, 0.29) is 35.0 Å². The van der Waals surface area contributed by atoms with Crippen LogP contribution >= 0.6 is 0 Å². The van der Waals surface area contributed by atoms with Crippen LogP contribution in [0.1, 0.15) is 12.5 Å². The standard InChI is InChI=1S/C15H16O6/c1-8(7-16)11(17)5-10-12(18)6-13-9(15(10)20-2)3-4-14(19)21-13/h3-6,8,16-18H,7H2,1-2H3/b11-5-. The van der Waals surface area contributed by atoms with Gasteiger partial charge in [0.25, 0.3) is 0 Å². The molecular formula is C15H16O6. The highest BCUT2D eigenvalue weighted by atomic mass is 16.5. The van der Waals surface area contributed by atoms with Crippen LogP contribution in [0.5, 0.6) is 11.5 Å². The van der Waals surface area contributed by atoms with Gasteiger partial charge in [0, 0.05) is 18.1 Å². The quantitative estimate of drug-likeness (QED) is 0.589. The van der Waals surface area contributed by atoms with Crippen molar-refractivity contribution in [3.8, 4) is 11.5 Å². The molecule has 0 radical (unpaired) electrons. The summed E-state index contributed by atoms with van der Waals surface area (Å²) in [5, 5.41) is 29.5. The van der Waals surface area contributed by atoms with Gasteiger partial charge < -0.3 is 24.5 Å². The number of aliphatic hydroxyl groups excluding tert-OH is 2. The number of aliphatic hydroxyl groups is 2. The molecule has 0 fully saturated rings. The average molecular weight is 292 g/mol. The normalized spacial score (nSPS) is 13.4. The third-order valence-corrected chi connectivity index (χ3v) is 3.17. The van der Waals surface area contributed by atoms with Crippen molar-refractivity contribution in [3.05, 3.63) is 39.9 Å². The monoisotopic (exact) mass is 292 g/mol. The lowest BCUT2D eigenvalue weighted by atomic mass is 10.0. The first-order chi connectivity index (χ1) is 9.97. The van der Waals surface area contributed by atoms with Crippen LogP contribution in [0.3, 0.4) is 0 Å².